The number of carbonyl (C=O) groups excluding carboxylic acids is 2. The lowest BCUT2D eigenvalue weighted by atomic mass is 10.1. The molecule has 0 bridgehead atoms. The number of hydrogen-bond acceptors (Lipinski definition) is 7. The molecule has 0 saturated heterocycles. The number of amides is 2. The zero-order chi connectivity index (χ0) is 23.0. The van der Waals surface area contributed by atoms with Gasteiger partial charge in [0.15, 0.2) is 11.6 Å². The van der Waals surface area contributed by atoms with Crippen molar-refractivity contribution in [3.05, 3.63) is 35.4 Å². The standard InChI is InChI=1S/C16H14F4N2O6S2/c1-16(2,25)14(24)22-13-6(12(21)23)3-11(29-13)30(26,27)10-5-8(18)7(17)4-9(10)28-15(19)20/h3-5,15,25H,1-2H3,(H2,21,23)(H,22,24). The Morgan fingerprint density at radius 2 is 1.77 bits per heavy atom. The molecule has 0 aliphatic rings. The number of primary amides is 1. The first kappa shape index (κ1) is 23.6. The highest BCUT2D eigenvalue weighted by molar-refractivity contribution is 7.93. The van der Waals surface area contributed by atoms with E-state index < -0.39 is 65.9 Å². The van der Waals surface area contributed by atoms with Crippen LogP contribution in [0.4, 0.5) is 22.6 Å². The number of anilines is 1. The van der Waals surface area contributed by atoms with Gasteiger partial charge in [0.25, 0.3) is 11.8 Å². The summed E-state index contributed by atoms with van der Waals surface area (Å²) in [6.07, 6.45) is 0. The second-order valence-electron chi connectivity index (χ2n) is 6.28. The van der Waals surface area contributed by atoms with E-state index in [0.29, 0.717) is 0 Å². The average Bonchev–Trinajstić information content (AvgIpc) is 3.01. The molecule has 0 unspecified atom stereocenters. The van der Waals surface area contributed by atoms with Gasteiger partial charge >= 0.3 is 6.61 Å². The van der Waals surface area contributed by atoms with Crippen molar-refractivity contribution in [1.29, 1.82) is 0 Å². The lowest BCUT2D eigenvalue weighted by Gasteiger charge is -2.16. The van der Waals surface area contributed by atoms with E-state index in [1.807, 2.05) is 0 Å². The SMILES string of the molecule is CC(C)(O)C(=O)Nc1sc(S(=O)(=O)c2cc(F)c(F)cc2OC(F)F)cc1C(N)=O. The molecule has 1 aromatic heterocycles. The molecule has 0 radical (unpaired) electrons. The fraction of sp³-hybridized carbons (Fsp3) is 0.250. The van der Waals surface area contributed by atoms with E-state index in [1.54, 1.807) is 0 Å². The van der Waals surface area contributed by atoms with E-state index in [4.69, 9.17) is 5.73 Å². The number of thiophene rings is 1. The van der Waals surface area contributed by atoms with Crippen molar-refractivity contribution in [3.63, 3.8) is 0 Å². The fourth-order valence-electron chi connectivity index (χ4n) is 2.05. The summed E-state index contributed by atoms with van der Waals surface area (Å²) >= 11 is 0.281. The maximum absolute atomic E-state index is 13.6. The summed E-state index contributed by atoms with van der Waals surface area (Å²) in [5.41, 5.74) is 2.78. The van der Waals surface area contributed by atoms with Crippen molar-refractivity contribution >= 4 is 38.0 Å². The van der Waals surface area contributed by atoms with Crippen LogP contribution in [0.1, 0.15) is 24.2 Å². The molecule has 0 spiro atoms. The smallest absolute Gasteiger partial charge is 0.387 e. The molecular formula is C16H14F4N2O6S2. The zero-order valence-corrected chi connectivity index (χ0v) is 16.8. The Morgan fingerprint density at radius 3 is 2.27 bits per heavy atom. The Balaban J connectivity index is 2.64. The third-order valence-electron chi connectivity index (χ3n) is 3.51. The van der Waals surface area contributed by atoms with Crippen LogP contribution in [0.3, 0.4) is 0 Å². The van der Waals surface area contributed by atoms with Gasteiger partial charge in [0.05, 0.1) is 5.56 Å². The van der Waals surface area contributed by atoms with Gasteiger partial charge < -0.3 is 20.9 Å². The second-order valence-corrected chi connectivity index (χ2v) is 9.48. The molecule has 0 aliphatic heterocycles. The van der Waals surface area contributed by atoms with Crippen molar-refractivity contribution in [3.8, 4) is 5.75 Å². The van der Waals surface area contributed by atoms with Crippen LogP contribution >= 0.6 is 11.3 Å². The quantitative estimate of drug-likeness (QED) is 0.420. The van der Waals surface area contributed by atoms with E-state index in [9.17, 15) is 40.7 Å². The van der Waals surface area contributed by atoms with Crippen LogP contribution in [0.5, 0.6) is 5.75 Å². The normalized spacial score (nSPS) is 12.1. The summed E-state index contributed by atoms with van der Waals surface area (Å²) in [5, 5.41) is 11.4. The van der Waals surface area contributed by atoms with Crippen LogP contribution in [0.2, 0.25) is 0 Å². The largest absolute Gasteiger partial charge is 0.433 e. The Hall–Kier alpha value is -2.71. The van der Waals surface area contributed by atoms with Crippen molar-refractivity contribution < 1.29 is 45.4 Å². The van der Waals surface area contributed by atoms with E-state index in [2.05, 4.69) is 10.1 Å². The highest BCUT2D eigenvalue weighted by Crippen LogP contribution is 2.39. The molecule has 2 rings (SSSR count). The minimum atomic E-state index is -4.83. The van der Waals surface area contributed by atoms with Crippen LogP contribution in [0.25, 0.3) is 0 Å². The van der Waals surface area contributed by atoms with Gasteiger partial charge in [0, 0.05) is 6.07 Å². The molecule has 1 aromatic carbocycles. The number of alkyl halides is 2. The molecular weight excluding hydrogens is 456 g/mol. The van der Waals surface area contributed by atoms with Crippen LogP contribution in [0.15, 0.2) is 27.3 Å². The Kier molecular flexibility index (Phi) is 6.44. The summed E-state index contributed by atoms with van der Waals surface area (Å²) in [6.45, 7) is -1.31. The fourth-order valence-corrected chi connectivity index (χ4v) is 4.92. The molecule has 0 saturated carbocycles. The van der Waals surface area contributed by atoms with Crippen molar-refractivity contribution in [2.75, 3.05) is 5.32 Å². The van der Waals surface area contributed by atoms with Gasteiger partial charge in [-0.15, -0.1) is 11.3 Å². The van der Waals surface area contributed by atoms with Crippen LogP contribution < -0.4 is 15.8 Å². The van der Waals surface area contributed by atoms with Crippen molar-refractivity contribution in [1.82, 2.24) is 0 Å². The summed E-state index contributed by atoms with van der Waals surface area (Å²) < 4.78 is 81.2. The molecule has 0 aliphatic carbocycles. The van der Waals surface area contributed by atoms with Gasteiger partial charge in [-0.2, -0.15) is 8.78 Å². The van der Waals surface area contributed by atoms with Crippen LogP contribution in [-0.4, -0.2) is 37.6 Å². The Morgan fingerprint density at radius 1 is 1.20 bits per heavy atom. The zero-order valence-electron chi connectivity index (χ0n) is 15.2. The monoisotopic (exact) mass is 470 g/mol. The lowest BCUT2D eigenvalue weighted by molar-refractivity contribution is -0.130. The Labute approximate surface area is 171 Å². The molecule has 1 heterocycles. The molecule has 30 heavy (non-hydrogen) atoms. The predicted octanol–water partition coefficient (Wildman–Crippen LogP) is 2.27. The van der Waals surface area contributed by atoms with E-state index in [1.165, 1.54) is 0 Å². The number of nitrogens with one attached hydrogen (secondary N) is 1. The number of ether oxygens (including phenoxy) is 1. The van der Waals surface area contributed by atoms with Gasteiger partial charge in [-0.25, -0.2) is 17.2 Å². The number of carbonyl (C=O) groups is 2. The molecule has 14 heteroatoms. The first-order valence-electron chi connectivity index (χ1n) is 7.81. The lowest BCUT2D eigenvalue weighted by Crippen LogP contribution is -2.36. The molecule has 8 nitrogen and oxygen atoms in total. The molecule has 164 valence electrons. The first-order valence-corrected chi connectivity index (χ1v) is 10.1. The first-order chi connectivity index (χ1) is 13.6. The van der Waals surface area contributed by atoms with Crippen LogP contribution in [-0.2, 0) is 14.6 Å². The van der Waals surface area contributed by atoms with Gasteiger partial charge in [-0.05, 0) is 26.0 Å². The number of nitrogens with two attached hydrogens (primary N) is 1. The van der Waals surface area contributed by atoms with Gasteiger partial charge in [-0.1, -0.05) is 0 Å². The van der Waals surface area contributed by atoms with Crippen molar-refractivity contribution in [2.45, 2.75) is 35.2 Å². The minimum absolute atomic E-state index is 0.133. The van der Waals surface area contributed by atoms with Crippen LogP contribution in [0, 0.1) is 11.6 Å². The minimum Gasteiger partial charge on any atom is -0.433 e. The van der Waals surface area contributed by atoms with E-state index in [-0.39, 0.29) is 28.5 Å². The van der Waals surface area contributed by atoms with Gasteiger partial charge in [0.2, 0.25) is 9.84 Å². The summed E-state index contributed by atoms with van der Waals surface area (Å²) in [6, 6.07) is 0.991. The number of rotatable bonds is 7. The Bertz CT molecular complexity index is 1110. The van der Waals surface area contributed by atoms with Gasteiger partial charge in [0.1, 0.15) is 25.5 Å². The molecule has 0 atom stereocenters. The summed E-state index contributed by atoms with van der Waals surface area (Å²) in [4.78, 5) is 22.4. The van der Waals surface area contributed by atoms with E-state index in [0.717, 1.165) is 19.9 Å². The predicted molar refractivity (Wildman–Crippen MR) is 96.2 cm³/mol. The average molecular weight is 470 g/mol. The number of halogens is 4. The highest BCUT2D eigenvalue weighted by Gasteiger charge is 2.32. The molecule has 2 aromatic rings. The molecule has 4 N–H and O–H groups in total. The maximum atomic E-state index is 13.6. The second kappa shape index (κ2) is 8.20. The topological polar surface area (TPSA) is 136 Å². The third kappa shape index (κ3) is 4.88. The summed E-state index contributed by atoms with van der Waals surface area (Å²) in [7, 11) is -4.83. The van der Waals surface area contributed by atoms with Gasteiger partial charge in [-0.3, -0.25) is 9.59 Å². The highest BCUT2D eigenvalue weighted by atomic mass is 32.2. The summed E-state index contributed by atoms with van der Waals surface area (Å²) in [5.74, 6) is -6.62. The number of hydrogen-bond donors (Lipinski definition) is 3. The van der Waals surface area contributed by atoms with E-state index >= 15 is 0 Å². The maximum Gasteiger partial charge on any atom is 0.387 e. The third-order valence-corrected chi connectivity index (χ3v) is 6.81. The molecule has 0 fully saturated rings. The number of benzene rings is 1. The number of sulfone groups is 1. The van der Waals surface area contributed by atoms with Crippen molar-refractivity contribution in [2.24, 2.45) is 5.73 Å². The number of aliphatic hydroxyl groups is 1. The molecule has 2 amide bonds.